The molecule has 0 N–H and O–H groups in total. The van der Waals surface area contributed by atoms with Gasteiger partial charge in [0.1, 0.15) is 12.4 Å². The lowest BCUT2D eigenvalue weighted by Crippen LogP contribution is -2.05. The summed E-state index contributed by atoms with van der Waals surface area (Å²) in [4.78, 5) is 16.4. The Morgan fingerprint density at radius 1 is 1.00 bits per heavy atom. The standard InChI is InChI=1S/C24H16Cl2FNO4/c1-30-22-12-14(3-9-21(22)31-13-15-2-8-18(25)19(26)10-15)11-20-24(29)32-23(28-20)16-4-6-17(27)7-5-16/h2-12H,13H2,1H3/b20-11-. The molecule has 0 saturated carbocycles. The maximum atomic E-state index is 13.1. The van der Waals surface area contributed by atoms with E-state index in [2.05, 4.69) is 4.99 Å². The Bertz CT molecular complexity index is 1240. The normalized spacial score (nSPS) is 14.3. The van der Waals surface area contributed by atoms with Crippen molar-refractivity contribution in [1.82, 2.24) is 0 Å². The quantitative estimate of drug-likeness (QED) is 0.323. The van der Waals surface area contributed by atoms with Crippen molar-refractivity contribution in [3.8, 4) is 11.5 Å². The molecule has 0 bridgehead atoms. The van der Waals surface area contributed by atoms with Crippen molar-refractivity contribution >= 4 is 41.1 Å². The van der Waals surface area contributed by atoms with Crippen LogP contribution in [-0.4, -0.2) is 19.0 Å². The SMILES string of the molecule is COc1cc(/C=C2\N=C(c3ccc(F)cc3)OC2=O)ccc1OCc1ccc(Cl)c(Cl)c1. The van der Waals surface area contributed by atoms with Gasteiger partial charge in [0.05, 0.1) is 17.2 Å². The van der Waals surface area contributed by atoms with Crippen LogP contribution in [0.5, 0.6) is 11.5 Å². The first-order valence-corrected chi connectivity index (χ1v) is 10.2. The summed E-state index contributed by atoms with van der Waals surface area (Å²) >= 11 is 12.0. The van der Waals surface area contributed by atoms with E-state index in [0.29, 0.717) is 32.7 Å². The van der Waals surface area contributed by atoms with Gasteiger partial charge in [-0.05, 0) is 65.7 Å². The van der Waals surface area contributed by atoms with Gasteiger partial charge < -0.3 is 14.2 Å². The zero-order valence-corrected chi connectivity index (χ0v) is 18.3. The average Bonchev–Trinajstić information content (AvgIpc) is 3.15. The molecule has 0 amide bonds. The molecular formula is C24H16Cl2FNO4. The number of ether oxygens (including phenoxy) is 3. The van der Waals surface area contributed by atoms with Gasteiger partial charge in [-0.15, -0.1) is 0 Å². The number of methoxy groups -OCH3 is 1. The first-order valence-electron chi connectivity index (χ1n) is 9.46. The molecule has 0 unspecified atom stereocenters. The number of hydrogen-bond acceptors (Lipinski definition) is 5. The molecule has 0 atom stereocenters. The lowest BCUT2D eigenvalue weighted by molar-refractivity contribution is -0.129. The summed E-state index contributed by atoms with van der Waals surface area (Å²) < 4.78 is 29.6. The number of benzene rings is 3. The van der Waals surface area contributed by atoms with E-state index in [-0.39, 0.29) is 24.0 Å². The Hall–Kier alpha value is -3.35. The fourth-order valence-electron chi connectivity index (χ4n) is 2.97. The topological polar surface area (TPSA) is 57.1 Å². The summed E-state index contributed by atoms with van der Waals surface area (Å²) in [5.74, 6) is 0.139. The maximum absolute atomic E-state index is 13.1. The number of halogens is 3. The van der Waals surface area contributed by atoms with Crippen molar-refractivity contribution in [2.24, 2.45) is 4.99 Å². The molecule has 32 heavy (non-hydrogen) atoms. The first-order chi connectivity index (χ1) is 15.4. The van der Waals surface area contributed by atoms with E-state index in [1.165, 1.54) is 31.4 Å². The van der Waals surface area contributed by atoms with Crippen LogP contribution in [0.2, 0.25) is 10.0 Å². The molecule has 1 aliphatic rings. The van der Waals surface area contributed by atoms with Gasteiger partial charge in [0.15, 0.2) is 17.2 Å². The second kappa shape index (κ2) is 9.42. The van der Waals surface area contributed by atoms with E-state index in [0.717, 1.165) is 5.56 Å². The Kier molecular flexibility index (Phi) is 6.44. The molecule has 0 spiro atoms. The van der Waals surface area contributed by atoms with E-state index in [1.54, 1.807) is 36.4 Å². The summed E-state index contributed by atoms with van der Waals surface area (Å²) in [6.45, 7) is 0.269. The van der Waals surface area contributed by atoms with Crippen molar-refractivity contribution < 1.29 is 23.4 Å². The summed E-state index contributed by atoms with van der Waals surface area (Å²) in [7, 11) is 1.52. The second-order valence-corrected chi connectivity index (χ2v) is 7.60. The van der Waals surface area contributed by atoms with Crippen molar-refractivity contribution in [2.75, 3.05) is 7.11 Å². The number of rotatable bonds is 6. The molecule has 0 fully saturated rings. The number of carbonyl (C=O) groups excluding carboxylic acids is 1. The number of cyclic esters (lactones) is 1. The van der Waals surface area contributed by atoms with E-state index >= 15 is 0 Å². The van der Waals surface area contributed by atoms with Crippen LogP contribution in [-0.2, 0) is 16.1 Å². The number of carbonyl (C=O) groups is 1. The molecule has 3 aromatic rings. The molecule has 1 heterocycles. The smallest absolute Gasteiger partial charge is 0.363 e. The molecule has 8 heteroatoms. The van der Waals surface area contributed by atoms with Crippen molar-refractivity contribution in [1.29, 1.82) is 0 Å². The highest BCUT2D eigenvalue weighted by Crippen LogP contribution is 2.31. The van der Waals surface area contributed by atoms with Crippen molar-refractivity contribution in [3.63, 3.8) is 0 Å². The Labute approximate surface area is 193 Å². The van der Waals surface area contributed by atoms with Crippen LogP contribution in [0.4, 0.5) is 4.39 Å². The second-order valence-electron chi connectivity index (χ2n) is 6.79. The van der Waals surface area contributed by atoms with E-state index < -0.39 is 5.97 Å². The van der Waals surface area contributed by atoms with Crippen LogP contribution in [0.15, 0.2) is 71.4 Å². The molecular weight excluding hydrogens is 456 g/mol. The summed E-state index contributed by atoms with van der Waals surface area (Å²) in [6, 6.07) is 16.0. The molecule has 1 aliphatic heterocycles. The molecule has 5 nitrogen and oxygen atoms in total. The Morgan fingerprint density at radius 2 is 1.78 bits per heavy atom. The van der Waals surface area contributed by atoms with Gasteiger partial charge in [0, 0.05) is 5.56 Å². The van der Waals surface area contributed by atoms with Crippen LogP contribution in [0.25, 0.3) is 6.08 Å². The van der Waals surface area contributed by atoms with Crippen molar-refractivity contribution in [3.05, 3.63) is 98.9 Å². The van der Waals surface area contributed by atoms with Gasteiger partial charge in [-0.3, -0.25) is 0 Å². The number of nitrogens with zero attached hydrogens (tertiary/aromatic N) is 1. The van der Waals surface area contributed by atoms with Crippen LogP contribution < -0.4 is 9.47 Å². The van der Waals surface area contributed by atoms with Crippen molar-refractivity contribution in [2.45, 2.75) is 6.61 Å². The van der Waals surface area contributed by atoms with E-state index in [9.17, 15) is 9.18 Å². The van der Waals surface area contributed by atoms with Gasteiger partial charge >= 0.3 is 5.97 Å². The van der Waals surface area contributed by atoms with Crippen LogP contribution in [0.3, 0.4) is 0 Å². The average molecular weight is 472 g/mol. The van der Waals surface area contributed by atoms with E-state index in [1.807, 2.05) is 6.07 Å². The zero-order valence-electron chi connectivity index (χ0n) is 16.8. The number of esters is 1. The predicted molar refractivity (Wildman–Crippen MR) is 121 cm³/mol. The number of aliphatic imine (C=N–C) groups is 1. The lowest BCUT2D eigenvalue weighted by Gasteiger charge is -2.12. The summed E-state index contributed by atoms with van der Waals surface area (Å²) in [6.07, 6.45) is 1.57. The summed E-state index contributed by atoms with van der Waals surface area (Å²) in [5.41, 5.74) is 2.14. The highest BCUT2D eigenvalue weighted by Gasteiger charge is 2.24. The summed E-state index contributed by atoms with van der Waals surface area (Å²) in [5, 5.41) is 0.923. The van der Waals surface area contributed by atoms with Gasteiger partial charge in [-0.1, -0.05) is 35.3 Å². The third kappa shape index (κ3) is 4.93. The fraction of sp³-hybridized carbons (Fsp3) is 0.0833. The molecule has 4 rings (SSSR count). The highest BCUT2D eigenvalue weighted by molar-refractivity contribution is 6.42. The predicted octanol–water partition coefficient (Wildman–Crippen LogP) is 6.06. The van der Waals surface area contributed by atoms with Gasteiger partial charge in [-0.2, -0.15) is 0 Å². The lowest BCUT2D eigenvalue weighted by atomic mass is 10.1. The minimum atomic E-state index is -0.594. The van der Waals surface area contributed by atoms with Crippen LogP contribution in [0, 0.1) is 5.82 Å². The van der Waals surface area contributed by atoms with Gasteiger partial charge in [0.2, 0.25) is 5.90 Å². The maximum Gasteiger partial charge on any atom is 0.363 e. The Balaban J connectivity index is 1.53. The first kappa shape index (κ1) is 21.9. The largest absolute Gasteiger partial charge is 0.493 e. The third-order valence-corrected chi connectivity index (χ3v) is 5.32. The molecule has 162 valence electrons. The van der Waals surface area contributed by atoms with Crippen LogP contribution in [0.1, 0.15) is 16.7 Å². The minimum Gasteiger partial charge on any atom is -0.493 e. The fourth-order valence-corrected chi connectivity index (χ4v) is 3.29. The minimum absolute atomic E-state index is 0.120. The van der Waals surface area contributed by atoms with Gasteiger partial charge in [0.25, 0.3) is 0 Å². The molecule has 0 aromatic heterocycles. The van der Waals surface area contributed by atoms with Crippen LogP contribution >= 0.6 is 23.2 Å². The van der Waals surface area contributed by atoms with Gasteiger partial charge in [-0.25, -0.2) is 14.2 Å². The molecule has 3 aromatic carbocycles. The van der Waals surface area contributed by atoms with E-state index in [4.69, 9.17) is 37.4 Å². The highest BCUT2D eigenvalue weighted by atomic mass is 35.5. The molecule has 0 aliphatic carbocycles. The third-order valence-electron chi connectivity index (χ3n) is 4.58. The monoisotopic (exact) mass is 471 g/mol. The molecule has 0 saturated heterocycles. The Morgan fingerprint density at radius 3 is 2.50 bits per heavy atom. The number of hydrogen-bond donors (Lipinski definition) is 0. The zero-order chi connectivity index (χ0) is 22.7. The molecule has 0 radical (unpaired) electrons.